The van der Waals surface area contributed by atoms with E-state index in [2.05, 4.69) is 121 Å². The van der Waals surface area contributed by atoms with E-state index < -0.39 is 14.6 Å². The summed E-state index contributed by atoms with van der Waals surface area (Å²) in [5.41, 5.74) is 7.40. The first kappa shape index (κ1) is 26.8. The van der Waals surface area contributed by atoms with Crippen molar-refractivity contribution >= 4 is 25.8 Å². The zero-order valence-electron chi connectivity index (χ0n) is 18.4. The lowest BCUT2D eigenvalue weighted by molar-refractivity contribution is 0.276. The summed E-state index contributed by atoms with van der Waals surface area (Å²) in [6.07, 6.45) is 0. The molecule has 34 heavy (non-hydrogen) atoms. The third-order valence-corrected chi connectivity index (χ3v) is 4.50. The molecule has 0 aliphatic rings. The standard InChI is InChI=1S/C26H20.2BH3O3/c1-5-13-21(14-6-1)25(22-15-7-2-8-16-22)26(23-17-9-3-10-18-23)24-19-11-4-12-20-24;2*2-1(3)4/h1-20H;2*2-4H. The molecule has 0 atom stereocenters. The Morgan fingerprint density at radius 3 is 0.618 bits per heavy atom. The van der Waals surface area contributed by atoms with Crippen molar-refractivity contribution in [3.8, 4) is 0 Å². The molecule has 0 aromatic heterocycles. The molecule has 0 unspecified atom stereocenters. The van der Waals surface area contributed by atoms with Crippen molar-refractivity contribution in [1.29, 1.82) is 0 Å². The first-order chi connectivity index (χ1) is 16.4. The molecule has 4 aromatic carbocycles. The minimum Gasteiger partial charge on any atom is -0.402 e. The quantitative estimate of drug-likeness (QED) is 0.208. The fourth-order valence-corrected chi connectivity index (χ4v) is 3.33. The van der Waals surface area contributed by atoms with Crippen molar-refractivity contribution < 1.29 is 30.1 Å². The highest BCUT2D eigenvalue weighted by molar-refractivity contribution is 6.30. The van der Waals surface area contributed by atoms with Crippen LogP contribution < -0.4 is 0 Å². The Morgan fingerprint density at radius 1 is 0.324 bits per heavy atom. The molecule has 6 nitrogen and oxygen atoms in total. The lowest BCUT2D eigenvalue weighted by Crippen LogP contribution is -2.07. The molecule has 0 aliphatic carbocycles. The van der Waals surface area contributed by atoms with Crippen molar-refractivity contribution in [2.75, 3.05) is 0 Å². The van der Waals surface area contributed by atoms with Gasteiger partial charge in [0.2, 0.25) is 0 Å². The molecule has 0 radical (unpaired) electrons. The van der Waals surface area contributed by atoms with Crippen molar-refractivity contribution in [1.82, 2.24) is 0 Å². The molecule has 0 amide bonds. The third-order valence-electron chi connectivity index (χ3n) is 4.50. The highest BCUT2D eigenvalue weighted by Crippen LogP contribution is 2.36. The van der Waals surface area contributed by atoms with Crippen LogP contribution in [0.15, 0.2) is 121 Å². The average Bonchev–Trinajstić information content (AvgIpc) is 2.84. The zero-order chi connectivity index (χ0) is 24.8. The molecule has 6 N–H and O–H groups in total. The molecule has 172 valence electrons. The predicted octanol–water partition coefficient (Wildman–Crippen LogP) is 2.59. The van der Waals surface area contributed by atoms with Crippen molar-refractivity contribution in [2.24, 2.45) is 0 Å². The second-order valence-electron chi connectivity index (χ2n) is 6.91. The van der Waals surface area contributed by atoms with Crippen LogP contribution in [0.2, 0.25) is 0 Å². The monoisotopic (exact) mass is 456 g/mol. The molecule has 4 rings (SSSR count). The fourth-order valence-electron chi connectivity index (χ4n) is 3.33. The zero-order valence-corrected chi connectivity index (χ0v) is 18.4. The van der Waals surface area contributed by atoms with E-state index >= 15 is 0 Å². The third kappa shape index (κ3) is 9.17. The van der Waals surface area contributed by atoms with E-state index in [4.69, 9.17) is 30.1 Å². The van der Waals surface area contributed by atoms with Gasteiger partial charge < -0.3 is 30.1 Å². The molecule has 0 saturated carbocycles. The molecule has 0 fully saturated rings. The smallest absolute Gasteiger partial charge is 0.402 e. The van der Waals surface area contributed by atoms with Gasteiger partial charge in [0.25, 0.3) is 0 Å². The summed E-state index contributed by atoms with van der Waals surface area (Å²) in [7, 11) is -4.33. The Morgan fingerprint density at radius 2 is 0.471 bits per heavy atom. The highest BCUT2D eigenvalue weighted by Gasteiger charge is 2.15. The van der Waals surface area contributed by atoms with E-state index in [0.717, 1.165) is 0 Å². The van der Waals surface area contributed by atoms with E-state index in [-0.39, 0.29) is 0 Å². The van der Waals surface area contributed by atoms with Crippen LogP contribution >= 0.6 is 0 Å². The highest BCUT2D eigenvalue weighted by atomic mass is 16.5. The maximum atomic E-state index is 7.17. The van der Waals surface area contributed by atoms with Crippen molar-refractivity contribution in [3.63, 3.8) is 0 Å². The van der Waals surface area contributed by atoms with Gasteiger partial charge in [-0.2, -0.15) is 0 Å². The van der Waals surface area contributed by atoms with Crippen LogP contribution in [0.3, 0.4) is 0 Å². The largest absolute Gasteiger partial charge is 0.631 e. The van der Waals surface area contributed by atoms with Gasteiger partial charge >= 0.3 is 14.6 Å². The van der Waals surface area contributed by atoms with Crippen molar-refractivity contribution in [2.45, 2.75) is 0 Å². The molecule has 0 saturated heterocycles. The predicted molar refractivity (Wildman–Crippen MR) is 136 cm³/mol. The Hall–Kier alpha value is -3.49. The summed E-state index contributed by atoms with van der Waals surface area (Å²) in [5, 5.41) is 43.0. The van der Waals surface area contributed by atoms with Gasteiger partial charge in [-0.3, -0.25) is 0 Å². The van der Waals surface area contributed by atoms with Gasteiger partial charge in [0, 0.05) is 0 Å². The molecular formula is C26H26B2O6. The Balaban J connectivity index is 0.000000446. The van der Waals surface area contributed by atoms with Gasteiger partial charge in [0.05, 0.1) is 0 Å². The molecule has 4 aromatic rings. The summed E-state index contributed by atoms with van der Waals surface area (Å²) in [6.45, 7) is 0. The van der Waals surface area contributed by atoms with Crippen LogP contribution in [-0.2, 0) is 0 Å². The lowest BCUT2D eigenvalue weighted by atomic mass is 9.86. The van der Waals surface area contributed by atoms with Crippen LogP contribution in [0.25, 0.3) is 11.1 Å². The average molecular weight is 456 g/mol. The normalized spacial score (nSPS) is 9.47. The lowest BCUT2D eigenvalue weighted by Gasteiger charge is -2.18. The van der Waals surface area contributed by atoms with Crippen LogP contribution in [0.1, 0.15) is 22.3 Å². The van der Waals surface area contributed by atoms with Crippen LogP contribution in [0, 0.1) is 0 Å². The fraction of sp³-hybridized carbons (Fsp3) is 0. The summed E-state index contributed by atoms with van der Waals surface area (Å²) in [4.78, 5) is 0. The minimum atomic E-state index is -2.17. The molecule has 0 spiro atoms. The van der Waals surface area contributed by atoms with Gasteiger partial charge in [-0.15, -0.1) is 0 Å². The number of hydrogen-bond donors (Lipinski definition) is 6. The van der Waals surface area contributed by atoms with Gasteiger partial charge in [-0.05, 0) is 33.4 Å². The number of hydrogen-bond acceptors (Lipinski definition) is 6. The molecular weight excluding hydrogens is 430 g/mol. The summed E-state index contributed by atoms with van der Waals surface area (Å²) in [5.74, 6) is 0. The SMILES string of the molecule is OB(O)O.OB(O)O.c1ccc(C(=C(c2ccccc2)c2ccccc2)c2ccccc2)cc1. The first-order valence-corrected chi connectivity index (χ1v) is 10.4. The Labute approximate surface area is 199 Å². The van der Waals surface area contributed by atoms with Crippen LogP contribution in [-0.4, -0.2) is 44.8 Å². The summed E-state index contributed by atoms with van der Waals surface area (Å²) >= 11 is 0. The maximum Gasteiger partial charge on any atom is 0.631 e. The van der Waals surface area contributed by atoms with Gasteiger partial charge in [0.1, 0.15) is 0 Å². The minimum absolute atomic E-state index is 1.22. The van der Waals surface area contributed by atoms with E-state index in [1.54, 1.807) is 0 Å². The number of rotatable bonds is 4. The van der Waals surface area contributed by atoms with Gasteiger partial charge in [0.15, 0.2) is 0 Å². The van der Waals surface area contributed by atoms with Gasteiger partial charge in [-0.1, -0.05) is 121 Å². The van der Waals surface area contributed by atoms with E-state index in [9.17, 15) is 0 Å². The maximum absolute atomic E-state index is 7.17. The van der Waals surface area contributed by atoms with E-state index in [1.165, 1.54) is 33.4 Å². The molecule has 0 heterocycles. The van der Waals surface area contributed by atoms with E-state index in [1.807, 2.05) is 0 Å². The topological polar surface area (TPSA) is 121 Å². The second-order valence-corrected chi connectivity index (χ2v) is 6.91. The van der Waals surface area contributed by atoms with Crippen LogP contribution in [0.5, 0.6) is 0 Å². The summed E-state index contributed by atoms with van der Waals surface area (Å²) in [6, 6.07) is 42.6. The molecule has 0 bridgehead atoms. The molecule has 8 heteroatoms. The Kier molecular flexibility index (Phi) is 11.5. The Bertz CT molecular complexity index is 928. The number of benzene rings is 4. The van der Waals surface area contributed by atoms with Crippen LogP contribution in [0.4, 0.5) is 0 Å². The summed E-state index contributed by atoms with van der Waals surface area (Å²) < 4.78 is 0. The van der Waals surface area contributed by atoms with Crippen molar-refractivity contribution in [3.05, 3.63) is 144 Å². The van der Waals surface area contributed by atoms with E-state index in [0.29, 0.717) is 0 Å². The van der Waals surface area contributed by atoms with Gasteiger partial charge in [-0.25, -0.2) is 0 Å². The molecule has 0 aliphatic heterocycles. The second kappa shape index (κ2) is 14.6. The first-order valence-electron chi connectivity index (χ1n) is 10.4.